The van der Waals surface area contributed by atoms with Crippen molar-refractivity contribution in [1.29, 1.82) is 0 Å². The van der Waals surface area contributed by atoms with Gasteiger partial charge in [0.2, 0.25) is 0 Å². The molecular formula is C9H19NO2. The van der Waals surface area contributed by atoms with Crippen molar-refractivity contribution in [3.05, 3.63) is 0 Å². The molecule has 0 amide bonds. The van der Waals surface area contributed by atoms with Crippen LogP contribution in [0, 0.1) is 5.92 Å². The van der Waals surface area contributed by atoms with Crippen molar-refractivity contribution < 1.29 is 9.57 Å². The highest BCUT2D eigenvalue weighted by Crippen LogP contribution is 2.18. The Morgan fingerprint density at radius 2 is 2.50 bits per heavy atom. The highest BCUT2D eigenvalue weighted by molar-refractivity contribution is 4.62. The number of ether oxygens (including phenoxy) is 1. The van der Waals surface area contributed by atoms with Crippen molar-refractivity contribution in [1.82, 2.24) is 5.48 Å². The lowest BCUT2D eigenvalue weighted by atomic mass is 9.97. The van der Waals surface area contributed by atoms with Gasteiger partial charge in [0.1, 0.15) is 0 Å². The maximum Gasteiger partial charge on any atom is 0.0682 e. The van der Waals surface area contributed by atoms with E-state index < -0.39 is 0 Å². The smallest absolute Gasteiger partial charge is 0.0682 e. The van der Waals surface area contributed by atoms with Crippen molar-refractivity contribution in [3.8, 4) is 0 Å². The molecular weight excluding hydrogens is 154 g/mol. The summed E-state index contributed by atoms with van der Waals surface area (Å²) in [5, 5.41) is 0. The summed E-state index contributed by atoms with van der Waals surface area (Å²) in [5.41, 5.74) is 2.67. The lowest BCUT2D eigenvalue weighted by Crippen LogP contribution is -2.18. The van der Waals surface area contributed by atoms with Gasteiger partial charge >= 0.3 is 0 Å². The van der Waals surface area contributed by atoms with Crippen LogP contribution in [0.4, 0.5) is 0 Å². The van der Waals surface area contributed by atoms with E-state index in [9.17, 15) is 0 Å². The van der Waals surface area contributed by atoms with Gasteiger partial charge < -0.3 is 9.57 Å². The SMILES string of the molecule is CNOCCCC1CCCOC1. The minimum atomic E-state index is 0.777. The molecule has 1 saturated heterocycles. The summed E-state index contributed by atoms with van der Waals surface area (Å²) < 4.78 is 5.38. The lowest BCUT2D eigenvalue weighted by molar-refractivity contribution is 0.0316. The predicted octanol–water partition coefficient (Wildman–Crippen LogP) is 1.34. The van der Waals surface area contributed by atoms with Crippen molar-refractivity contribution in [2.75, 3.05) is 26.9 Å². The predicted molar refractivity (Wildman–Crippen MR) is 47.8 cm³/mol. The molecule has 12 heavy (non-hydrogen) atoms. The largest absolute Gasteiger partial charge is 0.381 e. The highest BCUT2D eigenvalue weighted by Gasteiger charge is 2.12. The summed E-state index contributed by atoms with van der Waals surface area (Å²) in [5.74, 6) is 0.777. The molecule has 72 valence electrons. The van der Waals surface area contributed by atoms with Crippen molar-refractivity contribution >= 4 is 0 Å². The maximum atomic E-state index is 5.38. The first-order valence-electron chi connectivity index (χ1n) is 4.79. The topological polar surface area (TPSA) is 30.5 Å². The Labute approximate surface area is 74.4 Å². The number of rotatable bonds is 5. The summed E-state index contributed by atoms with van der Waals surface area (Å²) in [4.78, 5) is 5.03. The molecule has 0 bridgehead atoms. The first-order valence-corrected chi connectivity index (χ1v) is 4.79. The number of nitrogens with one attached hydrogen (secondary N) is 1. The second-order valence-corrected chi connectivity index (χ2v) is 3.28. The summed E-state index contributed by atoms with van der Waals surface area (Å²) in [6.07, 6.45) is 4.94. The lowest BCUT2D eigenvalue weighted by Gasteiger charge is -2.21. The minimum Gasteiger partial charge on any atom is -0.381 e. The quantitative estimate of drug-likeness (QED) is 0.503. The fourth-order valence-corrected chi connectivity index (χ4v) is 1.58. The minimum absolute atomic E-state index is 0.777. The van der Waals surface area contributed by atoms with Crippen LogP contribution in [-0.2, 0) is 9.57 Å². The van der Waals surface area contributed by atoms with Gasteiger partial charge in [0.15, 0.2) is 0 Å². The molecule has 0 saturated carbocycles. The molecule has 1 aliphatic rings. The van der Waals surface area contributed by atoms with Crippen LogP contribution < -0.4 is 5.48 Å². The van der Waals surface area contributed by atoms with Gasteiger partial charge in [-0.15, -0.1) is 0 Å². The number of hydrogen-bond donors (Lipinski definition) is 1. The Morgan fingerprint density at radius 3 is 3.17 bits per heavy atom. The van der Waals surface area contributed by atoms with E-state index in [0.717, 1.165) is 32.2 Å². The summed E-state index contributed by atoms with van der Waals surface area (Å²) >= 11 is 0. The van der Waals surface area contributed by atoms with Gasteiger partial charge in [-0.1, -0.05) is 0 Å². The number of hydrogen-bond acceptors (Lipinski definition) is 3. The van der Waals surface area contributed by atoms with Crippen LogP contribution >= 0.6 is 0 Å². The summed E-state index contributed by atoms with van der Waals surface area (Å²) in [7, 11) is 1.80. The molecule has 1 unspecified atom stereocenters. The van der Waals surface area contributed by atoms with Gasteiger partial charge in [-0.05, 0) is 31.6 Å². The second kappa shape index (κ2) is 6.40. The average molecular weight is 173 g/mol. The molecule has 0 aromatic rings. The molecule has 1 N–H and O–H groups in total. The highest BCUT2D eigenvalue weighted by atomic mass is 16.6. The third-order valence-electron chi connectivity index (χ3n) is 2.26. The van der Waals surface area contributed by atoms with Gasteiger partial charge in [-0.3, -0.25) is 0 Å². The molecule has 1 rings (SSSR count). The zero-order valence-corrected chi connectivity index (χ0v) is 7.84. The van der Waals surface area contributed by atoms with E-state index in [1.165, 1.54) is 19.3 Å². The Kier molecular flexibility index (Phi) is 5.32. The molecule has 1 heterocycles. The first-order chi connectivity index (χ1) is 5.93. The molecule has 1 aliphatic heterocycles. The fourth-order valence-electron chi connectivity index (χ4n) is 1.58. The first kappa shape index (κ1) is 9.96. The third kappa shape index (κ3) is 4.04. The van der Waals surface area contributed by atoms with E-state index in [4.69, 9.17) is 9.57 Å². The van der Waals surface area contributed by atoms with Crippen LogP contribution in [0.15, 0.2) is 0 Å². The van der Waals surface area contributed by atoms with Crippen molar-refractivity contribution in [2.24, 2.45) is 5.92 Å². The monoisotopic (exact) mass is 173 g/mol. The van der Waals surface area contributed by atoms with Crippen LogP contribution in [-0.4, -0.2) is 26.9 Å². The Balaban J connectivity index is 1.91. The molecule has 3 heteroatoms. The Morgan fingerprint density at radius 1 is 1.58 bits per heavy atom. The van der Waals surface area contributed by atoms with Gasteiger partial charge in [0, 0.05) is 20.3 Å². The van der Waals surface area contributed by atoms with E-state index >= 15 is 0 Å². The standard InChI is InChI=1S/C9H19NO2/c1-10-12-7-3-5-9-4-2-6-11-8-9/h9-10H,2-8H2,1H3. The zero-order valence-electron chi connectivity index (χ0n) is 7.84. The van der Waals surface area contributed by atoms with Crippen molar-refractivity contribution in [2.45, 2.75) is 25.7 Å². The van der Waals surface area contributed by atoms with E-state index in [-0.39, 0.29) is 0 Å². The van der Waals surface area contributed by atoms with Gasteiger partial charge in [-0.25, -0.2) is 5.48 Å². The molecule has 0 aromatic heterocycles. The van der Waals surface area contributed by atoms with Crippen LogP contribution in [0.1, 0.15) is 25.7 Å². The van der Waals surface area contributed by atoms with E-state index in [2.05, 4.69) is 5.48 Å². The van der Waals surface area contributed by atoms with E-state index in [0.29, 0.717) is 0 Å². The van der Waals surface area contributed by atoms with Crippen LogP contribution in [0.2, 0.25) is 0 Å². The van der Waals surface area contributed by atoms with Crippen LogP contribution in [0.25, 0.3) is 0 Å². The Bertz CT molecular complexity index is 103. The molecule has 1 fully saturated rings. The molecule has 0 aromatic carbocycles. The molecule has 0 spiro atoms. The van der Waals surface area contributed by atoms with Gasteiger partial charge in [0.05, 0.1) is 6.61 Å². The third-order valence-corrected chi connectivity index (χ3v) is 2.26. The second-order valence-electron chi connectivity index (χ2n) is 3.28. The molecule has 3 nitrogen and oxygen atoms in total. The van der Waals surface area contributed by atoms with Crippen LogP contribution in [0.5, 0.6) is 0 Å². The maximum absolute atomic E-state index is 5.38. The molecule has 0 radical (unpaired) electrons. The van der Waals surface area contributed by atoms with Crippen LogP contribution in [0.3, 0.4) is 0 Å². The summed E-state index contributed by atoms with van der Waals surface area (Å²) in [6.45, 7) is 2.73. The summed E-state index contributed by atoms with van der Waals surface area (Å²) in [6, 6.07) is 0. The zero-order chi connectivity index (χ0) is 8.65. The van der Waals surface area contributed by atoms with Crippen molar-refractivity contribution in [3.63, 3.8) is 0 Å². The average Bonchev–Trinajstić information content (AvgIpc) is 2.14. The van der Waals surface area contributed by atoms with E-state index in [1.54, 1.807) is 7.05 Å². The fraction of sp³-hybridized carbons (Fsp3) is 1.00. The normalized spacial score (nSPS) is 24.2. The van der Waals surface area contributed by atoms with E-state index in [1.807, 2.05) is 0 Å². The number of hydroxylamine groups is 1. The molecule has 1 atom stereocenters. The van der Waals surface area contributed by atoms with Gasteiger partial charge in [0.25, 0.3) is 0 Å². The molecule has 0 aliphatic carbocycles. The van der Waals surface area contributed by atoms with Gasteiger partial charge in [-0.2, -0.15) is 0 Å². The Hall–Kier alpha value is -0.120.